The van der Waals surface area contributed by atoms with E-state index in [1.165, 1.54) is 148 Å². The molecule has 0 saturated heterocycles. The topological polar surface area (TPSA) is 94.6 Å². The van der Waals surface area contributed by atoms with Gasteiger partial charge in [0.15, 0.2) is 0 Å². The fourth-order valence-corrected chi connectivity index (χ4v) is 11.1. The van der Waals surface area contributed by atoms with Crippen LogP contribution in [0.1, 0.15) is 257 Å². The second-order valence-corrected chi connectivity index (χ2v) is 24.1. The van der Waals surface area contributed by atoms with E-state index in [2.05, 4.69) is 0 Å². The molecule has 0 heterocycles. The number of hydrogen-bond donors (Lipinski definition) is 0. The summed E-state index contributed by atoms with van der Waals surface area (Å²) in [6.45, 7) is -1.18. The Morgan fingerprint density at radius 2 is 0.494 bits per heavy atom. The van der Waals surface area contributed by atoms with Gasteiger partial charge in [0.2, 0.25) is 0 Å². The second-order valence-electron chi connectivity index (χ2n) is 20.6. The molecule has 0 aliphatic rings. The normalized spacial score (nSPS) is 14.0. The van der Waals surface area contributed by atoms with Gasteiger partial charge in [0.1, 0.15) is 0 Å². The fourth-order valence-electron chi connectivity index (χ4n) is 9.01. The Balaban J connectivity index is 0. The van der Waals surface area contributed by atoms with Crippen LogP contribution in [0.5, 0.6) is 0 Å². The molecule has 0 rings (SSSR count). The summed E-state index contributed by atoms with van der Waals surface area (Å²) in [5.74, 6) is -51.8. The molecule has 0 fully saturated rings. The van der Waals surface area contributed by atoms with Gasteiger partial charge in [-0.3, -0.25) is 0 Å². The van der Waals surface area contributed by atoms with Crippen LogP contribution in [0.2, 0.25) is 0 Å². The smallest absolute Gasteiger partial charge is 0.748 e. The summed E-state index contributed by atoms with van der Waals surface area (Å²) in [6, 6.07) is 0. The third kappa shape index (κ3) is 26.1. The van der Waals surface area contributed by atoms with Crippen LogP contribution in [0, 0.1) is 0 Å². The summed E-state index contributed by atoms with van der Waals surface area (Å²) in [7, 11) is -11.3. The molecule has 26 heteroatoms. The molecule has 0 saturated carbocycles. The number of unbranched alkanes of at least 4 members (excludes halogenated alkanes) is 37. The Bertz CT molecular complexity index is 1730. The Hall–Kier alpha value is -0.773. The van der Waals surface area contributed by atoms with E-state index in [9.17, 15) is 96.0 Å². The molecule has 458 valence electrons. The van der Waals surface area contributed by atoms with Crippen LogP contribution < -0.4 is 18.9 Å². The van der Waals surface area contributed by atoms with E-state index in [-0.39, 0.29) is 37.5 Å². The van der Waals surface area contributed by atoms with E-state index >= 15 is 0 Å². The number of sulfonamides is 1. The van der Waals surface area contributed by atoms with Crippen molar-refractivity contribution in [1.29, 1.82) is 0 Å². The maximum atomic E-state index is 14.8. The quantitative estimate of drug-likeness (QED) is 0.0262. The van der Waals surface area contributed by atoms with Crippen LogP contribution in [0.15, 0.2) is 0 Å². The summed E-state index contributed by atoms with van der Waals surface area (Å²) < 4.78 is 290. The summed E-state index contributed by atoms with van der Waals surface area (Å²) in [4.78, 5) is 0. The minimum absolute atomic E-state index is 0. The maximum Gasteiger partial charge on any atom is 1.00 e. The van der Waals surface area contributed by atoms with E-state index in [0.717, 1.165) is 64.7 Å². The molecule has 0 spiro atoms. The molecule has 0 aromatic heterocycles. The zero-order valence-electron chi connectivity index (χ0n) is 45.4. The van der Waals surface area contributed by atoms with Crippen molar-refractivity contribution in [2.45, 2.75) is 304 Å². The summed E-state index contributed by atoms with van der Waals surface area (Å²) in [6.07, 6.45) is 31.9. The Kier molecular flexibility index (Phi) is 38.8. The Morgan fingerprint density at radius 1 is 0.299 bits per heavy atom. The van der Waals surface area contributed by atoms with Gasteiger partial charge in [-0.1, -0.05) is 238 Å². The molecule has 0 aliphatic carbocycles. The van der Waals surface area contributed by atoms with Crippen LogP contribution in [0.25, 0.3) is 0 Å². The maximum absolute atomic E-state index is 14.8. The molecule has 0 bridgehead atoms. The van der Waals surface area contributed by atoms with Crippen LogP contribution >= 0.6 is 0 Å². The molecule has 6 nitrogen and oxygen atoms in total. The third-order valence-corrected chi connectivity index (χ3v) is 16.6. The average molecular weight is 1190 g/mol. The molecule has 0 amide bonds. The molecule has 0 unspecified atom stereocenters. The van der Waals surface area contributed by atoms with Gasteiger partial charge >= 0.3 is 65.8 Å². The Morgan fingerprint density at radius 3 is 0.701 bits per heavy atom. The van der Waals surface area contributed by atoms with Crippen molar-refractivity contribution in [3.8, 4) is 0 Å². The second kappa shape index (κ2) is 38.2. The van der Waals surface area contributed by atoms with Crippen molar-refractivity contribution in [3.63, 3.8) is 0 Å². The van der Waals surface area contributed by atoms with E-state index in [1.54, 1.807) is 0 Å². The molecular weight excluding hydrogens is 1100 g/mol. The van der Waals surface area contributed by atoms with Gasteiger partial charge in [0.05, 0.1) is 10.1 Å². The van der Waals surface area contributed by atoms with Crippen molar-refractivity contribution in [1.82, 2.24) is 4.31 Å². The molecule has 0 aromatic carbocycles. The van der Waals surface area contributed by atoms with Gasteiger partial charge in [-0.25, -0.2) is 16.8 Å². The third-order valence-electron chi connectivity index (χ3n) is 13.9. The summed E-state index contributed by atoms with van der Waals surface area (Å²) >= 11 is 0. The van der Waals surface area contributed by atoms with Crippen molar-refractivity contribution >= 4 is 20.1 Å². The monoisotopic (exact) mass is 1190 g/mol. The van der Waals surface area contributed by atoms with Crippen LogP contribution in [0.4, 0.5) is 74.6 Å². The summed E-state index contributed by atoms with van der Waals surface area (Å²) in [5.41, 5.74) is 0. The largest absolute Gasteiger partial charge is 1.00 e. The van der Waals surface area contributed by atoms with Gasteiger partial charge in [0.25, 0.3) is 10.0 Å². The summed E-state index contributed by atoms with van der Waals surface area (Å²) in [5, 5.41) is -7.52. The predicted octanol–water partition coefficient (Wildman–Crippen LogP) is 16.4. The Labute approximate surface area is 460 Å². The first kappa shape index (κ1) is 78.3. The first-order valence-corrected chi connectivity index (χ1v) is 30.8. The first-order chi connectivity index (χ1) is 35.2. The van der Waals surface area contributed by atoms with E-state index < -0.39 is 90.9 Å². The SMILES string of the molecule is CCCN(CCCCCCCCCCCCCCCCCCCCCCCCCCCCCCCCCCCCCCCCS(=O)(=O)[O-])S(=O)(=O)C(F)(F)C(F)(F)C(F)(F)C(F)(F)C(F)(F)C(F)(F)C(F)(F)C(F)(F)F.[Li+]. The zero-order valence-corrected chi connectivity index (χ0v) is 47.1. The van der Waals surface area contributed by atoms with Gasteiger partial charge in [-0.2, -0.15) is 78.9 Å². The molecule has 0 atom stereocenters. The fraction of sp³-hybridized carbons (Fsp3) is 1.00. The minimum atomic E-state index is -8.84. The molecule has 0 radical (unpaired) electrons. The van der Waals surface area contributed by atoms with Gasteiger partial charge < -0.3 is 4.55 Å². The van der Waals surface area contributed by atoms with Crippen LogP contribution in [0.3, 0.4) is 0 Å². The minimum Gasteiger partial charge on any atom is -0.748 e. The number of rotatable bonds is 51. The average Bonchev–Trinajstić information content (AvgIpc) is 3.31. The van der Waals surface area contributed by atoms with Crippen molar-refractivity contribution in [2.75, 3.05) is 18.8 Å². The standard InChI is InChI=1S/C51H88F17NO5S2.Li/c1-2-41-69(76(73,74)51(67,68)49(62,63)47(58,59)45(54,55)44(52,53)46(56,57)48(60,61)50(64,65)66)42-39-37-35-33-31-29-27-25-23-21-19-17-15-13-11-9-7-5-3-4-6-8-10-12-14-16-18-20-22-24-26-28-30-32-34-36-38-40-43-75(70,71)72;/h2-43H2,1H3,(H,70,71,72);/q;+1/p-1. The zero-order chi connectivity index (χ0) is 58.3. The van der Waals surface area contributed by atoms with E-state index in [1.807, 2.05) is 0 Å². The molecule has 0 N–H and O–H groups in total. The van der Waals surface area contributed by atoms with Gasteiger partial charge in [-0.05, 0) is 19.3 Å². The first-order valence-electron chi connectivity index (χ1n) is 27.8. The van der Waals surface area contributed by atoms with Crippen molar-refractivity contribution in [2.24, 2.45) is 0 Å². The van der Waals surface area contributed by atoms with Gasteiger partial charge in [0, 0.05) is 18.8 Å². The molecule has 0 aromatic rings. The number of halogens is 17. The van der Waals surface area contributed by atoms with Crippen LogP contribution in [-0.4, -0.2) is 91.5 Å². The molecule has 77 heavy (non-hydrogen) atoms. The molecular formula is C51H87F17LiNO5S2. The van der Waals surface area contributed by atoms with Gasteiger partial charge in [-0.15, -0.1) is 0 Å². The van der Waals surface area contributed by atoms with E-state index in [4.69, 9.17) is 0 Å². The number of alkyl halides is 17. The number of nitrogens with zero attached hydrogens (tertiary/aromatic N) is 1. The predicted molar refractivity (Wildman–Crippen MR) is 261 cm³/mol. The van der Waals surface area contributed by atoms with Crippen molar-refractivity contribution < 1.29 is 115 Å². The van der Waals surface area contributed by atoms with Crippen LogP contribution in [-0.2, 0) is 20.1 Å². The van der Waals surface area contributed by atoms with Crippen molar-refractivity contribution in [3.05, 3.63) is 0 Å². The molecule has 0 aliphatic heterocycles. The number of hydrogen-bond acceptors (Lipinski definition) is 5. The van der Waals surface area contributed by atoms with E-state index in [0.29, 0.717) is 25.7 Å².